The normalized spacial score (nSPS) is 19.9. The second-order valence-electron chi connectivity index (χ2n) is 7.12. The number of nitrogens with zero attached hydrogens (tertiary/aromatic N) is 4. The van der Waals surface area contributed by atoms with Crippen LogP contribution in [-0.4, -0.2) is 32.9 Å². The van der Waals surface area contributed by atoms with Crippen LogP contribution in [0.3, 0.4) is 0 Å². The molecule has 0 amide bonds. The van der Waals surface area contributed by atoms with Gasteiger partial charge in [-0.3, -0.25) is 5.43 Å². The van der Waals surface area contributed by atoms with Crippen LogP contribution in [0.15, 0.2) is 42.5 Å². The Bertz CT molecular complexity index is 948. The number of hydrazine groups is 1. The predicted octanol–water partition coefficient (Wildman–Crippen LogP) is 4.12. The highest BCUT2D eigenvalue weighted by atomic mass is 19.4. The molecule has 0 spiro atoms. The molecule has 2 aromatic rings. The number of likely N-dealkylation sites (N-methyl/N-ethyl adjacent to an activating group) is 1. The SMILES string of the molecule is C=C1C(=C)C1N(C)Nc1nc2n(n1)CCCC2c1ccc(C(F)(F)F)cc1F. The van der Waals surface area contributed by atoms with E-state index in [9.17, 15) is 17.6 Å². The minimum absolute atomic E-state index is 0.0173. The summed E-state index contributed by atoms with van der Waals surface area (Å²) in [4.78, 5) is 4.47. The van der Waals surface area contributed by atoms with E-state index in [-0.39, 0.29) is 11.6 Å². The Kier molecular flexibility index (Phi) is 4.29. The van der Waals surface area contributed by atoms with Gasteiger partial charge < -0.3 is 0 Å². The fraction of sp³-hybridized carbons (Fsp3) is 0.368. The summed E-state index contributed by atoms with van der Waals surface area (Å²) in [6.45, 7) is 8.41. The molecule has 9 heteroatoms. The van der Waals surface area contributed by atoms with Crippen LogP contribution >= 0.6 is 0 Å². The number of benzene rings is 1. The molecule has 1 atom stereocenters. The number of fused-ring (bicyclic) bond motifs is 1. The first kappa shape index (κ1) is 18.7. The quantitative estimate of drug-likeness (QED) is 0.627. The zero-order chi connectivity index (χ0) is 20.2. The Morgan fingerprint density at radius 1 is 1.25 bits per heavy atom. The van der Waals surface area contributed by atoms with E-state index in [1.807, 2.05) is 7.05 Å². The number of aryl methyl sites for hydroxylation is 1. The Labute approximate surface area is 159 Å². The van der Waals surface area contributed by atoms with E-state index < -0.39 is 23.5 Å². The highest BCUT2D eigenvalue weighted by Crippen LogP contribution is 2.39. The Morgan fingerprint density at radius 3 is 2.57 bits per heavy atom. The van der Waals surface area contributed by atoms with E-state index in [1.165, 1.54) is 6.07 Å². The fourth-order valence-corrected chi connectivity index (χ4v) is 3.67. The van der Waals surface area contributed by atoms with E-state index in [2.05, 4.69) is 28.7 Å². The summed E-state index contributed by atoms with van der Waals surface area (Å²) in [5, 5.41) is 6.20. The van der Waals surface area contributed by atoms with Gasteiger partial charge in [0.25, 0.3) is 5.95 Å². The molecule has 1 aromatic heterocycles. The van der Waals surface area contributed by atoms with Gasteiger partial charge in [-0.25, -0.2) is 14.1 Å². The van der Waals surface area contributed by atoms with Gasteiger partial charge in [-0.15, -0.1) is 5.10 Å². The van der Waals surface area contributed by atoms with E-state index >= 15 is 0 Å². The molecule has 1 saturated carbocycles. The van der Waals surface area contributed by atoms with Crippen molar-refractivity contribution in [1.29, 1.82) is 0 Å². The van der Waals surface area contributed by atoms with Gasteiger partial charge in [-0.05, 0) is 41.7 Å². The lowest BCUT2D eigenvalue weighted by molar-refractivity contribution is -0.137. The molecular formula is C19H19F4N5. The number of aromatic nitrogens is 3. The van der Waals surface area contributed by atoms with Crippen molar-refractivity contribution in [1.82, 2.24) is 19.8 Å². The van der Waals surface area contributed by atoms with Crippen LogP contribution < -0.4 is 5.43 Å². The maximum atomic E-state index is 14.5. The lowest BCUT2D eigenvalue weighted by atomic mass is 9.90. The number of anilines is 1. The van der Waals surface area contributed by atoms with E-state index in [1.54, 1.807) is 9.69 Å². The van der Waals surface area contributed by atoms with Crippen molar-refractivity contribution in [3.8, 4) is 0 Å². The number of rotatable bonds is 4. The van der Waals surface area contributed by atoms with Crippen LogP contribution in [0.5, 0.6) is 0 Å². The van der Waals surface area contributed by atoms with E-state index in [4.69, 9.17) is 0 Å². The first-order chi connectivity index (χ1) is 13.2. The highest BCUT2D eigenvalue weighted by molar-refractivity contribution is 5.57. The monoisotopic (exact) mass is 393 g/mol. The third-order valence-electron chi connectivity index (χ3n) is 5.23. The van der Waals surface area contributed by atoms with Crippen LogP contribution in [0.1, 0.15) is 35.7 Å². The molecule has 4 rings (SSSR count). The van der Waals surface area contributed by atoms with Crippen molar-refractivity contribution in [3.63, 3.8) is 0 Å². The van der Waals surface area contributed by atoms with Crippen LogP contribution in [0.4, 0.5) is 23.5 Å². The zero-order valence-electron chi connectivity index (χ0n) is 15.2. The number of hydrogen-bond donors (Lipinski definition) is 1. The summed E-state index contributed by atoms with van der Waals surface area (Å²) in [6, 6.07) is 2.67. The van der Waals surface area contributed by atoms with Gasteiger partial charge in [-0.2, -0.15) is 18.2 Å². The summed E-state index contributed by atoms with van der Waals surface area (Å²) >= 11 is 0. The summed E-state index contributed by atoms with van der Waals surface area (Å²) in [5.74, 6) is -0.442. The lowest BCUT2D eigenvalue weighted by Gasteiger charge is -2.23. The van der Waals surface area contributed by atoms with Crippen molar-refractivity contribution in [2.45, 2.75) is 37.5 Å². The van der Waals surface area contributed by atoms with Gasteiger partial charge in [0.1, 0.15) is 11.6 Å². The smallest absolute Gasteiger partial charge is 0.285 e. The molecule has 1 unspecified atom stereocenters. The molecule has 28 heavy (non-hydrogen) atoms. The van der Waals surface area contributed by atoms with E-state index in [0.29, 0.717) is 30.8 Å². The average Bonchev–Trinajstić information content (AvgIpc) is 3.02. The first-order valence-electron chi connectivity index (χ1n) is 8.85. The number of nitrogens with one attached hydrogen (secondary N) is 1. The molecule has 1 aliphatic heterocycles. The third kappa shape index (κ3) is 3.19. The largest absolute Gasteiger partial charge is 0.416 e. The van der Waals surface area contributed by atoms with Crippen molar-refractivity contribution >= 4 is 5.95 Å². The van der Waals surface area contributed by atoms with Gasteiger partial charge in [-0.1, -0.05) is 19.2 Å². The van der Waals surface area contributed by atoms with Crippen LogP contribution in [-0.2, 0) is 12.7 Å². The molecule has 0 saturated heterocycles. The summed E-state index contributed by atoms with van der Waals surface area (Å²) in [5.41, 5.74) is 4.13. The topological polar surface area (TPSA) is 46.0 Å². The minimum atomic E-state index is -4.58. The predicted molar refractivity (Wildman–Crippen MR) is 96.0 cm³/mol. The molecule has 2 heterocycles. The van der Waals surface area contributed by atoms with Crippen LogP contribution in [0.25, 0.3) is 0 Å². The summed E-state index contributed by atoms with van der Waals surface area (Å²) in [7, 11) is 1.82. The summed E-state index contributed by atoms with van der Waals surface area (Å²) < 4.78 is 54.6. The molecule has 2 aliphatic rings. The molecule has 1 aromatic carbocycles. The van der Waals surface area contributed by atoms with Gasteiger partial charge in [0, 0.05) is 19.5 Å². The van der Waals surface area contributed by atoms with Crippen molar-refractivity contribution in [2.75, 3.05) is 12.5 Å². The number of hydrogen-bond acceptors (Lipinski definition) is 4. The number of halogens is 4. The number of alkyl halides is 3. The molecule has 1 aliphatic carbocycles. The Balaban J connectivity index is 1.60. The molecule has 0 radical (unpaired) electrons. The fourth-order valence-electron chi connectivity index (χ4n) is 3.67. The van der Waals surface area contributed by atoms with Crippen molar-refractivity contribution < 1.29 is 17.6 Å². The Hall–Kier alpha value is -2.68. The third-order valence-corrected chi connectivity index (χ3v) is 5.23. The van der Waals surface area contributed by atoms with Gasteiger partial charge in [0.15, 0.2) is 0 Å². The second kappa shape index (κ2) is 6.44. The van der Waals surface area contributed by atoms with Crippen LogP contribution in [0, 0.1) is 5.82 Å². The minimum Gasteiger partial charge on any atom is -0.285 e. The molecule has 1 fully saturated rings. The molecule has 0 bridgehead atoms. The maximum absolute atomic E-state index is 14.5. The highest BCUT2D eigenvalue weighted by Gasteiger charge is 2.38. The molecule has 1 N–H and O–H groups in total. The van der Waals surface area contributed by atoms with Crippen molar-refractivity contribution in [3.05, 3.63) is 65.3 Å². The van der Waals surface area contributed by atoms with Gasteiger partial charge in [0.05, 0.1) is 11.6 Å². The lowest BCUT2D eigenvalue weighted by Crippen LogP contribution is -2.28. The molecular weight excluding hydrogens is 374 g/mol. The maximum Gasteiger partial charge on any atom is 0.416 e. The van der Waals surface area contributed by atoms with Crippen LogP contribution in [0.2, 0.25) is 0 Å². The Morgan fingerprint density at radius 2 is 1.96 bits per heavy atom. The summed E-state index contributed by atoms with van der Waals surface area (Å²) in [6.07, 6.45) is -3.26. The van der Waals surface area contributed by atoms with Crippen molar-refractivity contribution in [2.24, 2.45) is 0 Å². The average molecular weight is 393 g/mol. The first-order valence-corrected chi connectivity index (χ1v) is 8.85. The second-order valence-corrected chi connectivity index (χ2v) is 7.12. The van der Waals surface area contributed by atoms with Gasteiger partial charge >= 0.3 is 6.18 Å². The molecule has 5 nitrogen and oxygen atoms in total. The standard InChI is InChI=1S/C19H19F4N5/c1-10-11(2)16(10)27(3)25-18-24-17-14(5-4-8-28(17)26-18)13-7-6-12(9-15(13)20)19(21,22)23/h6-7,9,14,16H,1-2,4-5,8H2,3H3,(H,25,26). The zero-order valence-corrected chi connectivity index (χ0v) is 15.2. The molecule has 148 valence electrons. The van der Waals surface area contributed by atoms with Gasteiger partial charge in [0.2, 0.25) is 0 Å². The van der Waals surface area contributed by atoms with E-state index in [0.717, 1.165) is 23.6 Å².